The van der Waals surface area contributed by atoms with E-state index in [0.29, 0.717) is 10.8 Å². The summed E-state index contributed by atoms with van der Waals surface area (Å²) in [5, 5.41) is 30.5. The molecule has 0 aliphatic heterocycles. The summed E-state index contributed by atoms with van der Waals surface area (Å²) in [4.78, 5) is 39.6. The number of benzene rings is 6. The van der Waals surface area contributed by atoms with Crippen molar-refractivity contribution in [2.75, 3.05) is 0 Å². The van der Waals surface area contributed by atoms with Crippen molar-refractivity contribution in [3.8, 4) is 34.5 Å². The lowest BCUT2D eigenvalue weighted by atomic mass is 10.0. The normalized spacial score (nSPS) is 10.8. The van der Waals surface area contributed by atoms with Gasteiger partial charge in [0.2, 0.25) is 0 Å². The molecule has 0 fully saturated rings. The summed E-state index contributed by atoms with van der Waals surface area (Å²) in [5.41, 5.74) is 0.476. The summed E-state index contributed by atoms with van der Waals surface area (Å²) < 4.78 is 17.5. The Morgan fingerprint density at radius 3 is 1.14 bits per heavy atom. The van der Waals surface area contributed by atoms with Crippen LogP contribution in [-0.4, -0.2) is 33.2 Å². The van der Waals surface area contributed by atoms with Crippen molar-refractivity contribution >= 4 is 39.5 Å². The first-order valence-corrected chi connectivity index (χ1v) is 13.3. The summed E-state index contributed by atoms with van der Waals surface area (Å²) in [7, 11) is 0. The Morgan fingerprint density at radius 2 is 0.773 bits per heavy atom. The van der Waals surface area contributed by atoms with Gasteiger partial charge < -0.3 is 29.5 Å². The molecule has 44 heavy (non-hydrogen) atoms. The second kappa shape index (κ2) is 11.5. The molecular weight excluding hydrogens is 564 g/mol. The number of phenols is 3. The molecule has 6 rings (SSSR count). The Balaban J connectivity index is 1.52. The zero-order valence-corrected chi connectivity index (χ0v) is 22.8. The predicted octanol–water partition coefficient (Wildman–Crippen LogP) is 6.77. The molecule has 0 aromatic heterocycles. The number of hydrogen-bond acceptors (Lipinski definition) is 9. The summed E-state index contributed by atoms with van der Waals surface area (Å²) in [6.07, 6.45) is 0. The first kappa shape index (κ1) is 27.8. The second-order valence-corrected chi connectivity index (χ2v) is 9.72. The van der Waals surface area contributed by atoms with E-state index in [-0.39, 0.29) is 62.0 Å². The van der Waals surface area contributed by atoms with Gasteiger partial charge in [-0.15, -0.1) is 0 Å². The molecule has 9 heteroatoms. The molecule has 0 bridgehead atoms. The average molecular weight is 587 g/mol. The Morgan fingerprint density at radius 1 is 0.432 bits per heavy atom. The second-order valence-electron chi connectivity index (χ2n) is 9.72. The summed E-state index contributed by atoms with van der Waals surface area (Å²) in [6, 6.07) is 28.2. The highest BCUT2D eigenvalue weighted by molar-refractivity contribution is 6.13. The van der Waals surface area contributed by atoms with Crippen LogP contribution in [0.3, 0.4) is 0 Å². The van der Waals surface area contributed by atoms with E-state index >= 15 is 0 Å². The lowest BCUT2D eigenvalue weighted by Crippen LogP contribution is -2.12. The molecule has 6 aromatic rings. The van der Waals surface area contributed by atoms with Gasteiger partial charge in [-0.2, -0.15) is 0 Å². The number of carbonyl (C=O) groups is 3. The van der Waals surface area contributed by atoms with E-state index in [1.54, 1.807) is 30.3 Å². The van der Waals surface area contributed by atoms with E-state index in [4.69, 9.17) is 14.2 Å². The molecule has 0 saturated carbocycles. The van der Waals surface area contributed by atoms with Gasteiger partial charge in [0.1, 0.15) is 28.7 Å². The number of rotatable bonds is 6. The van der Waals surface area contributed by atoms with Gasteiger partial charge in [-0.3, -0.25) is 0 Å². The third kappa shape index (κ3) is 5.57. The Kier molecular flexibility index (Phi) is 7.26. The van der Waals surface area contributed by atoms with Crippen LogP contribution in [0.4, 0.5) is 0 Å². The van der Waals surface area contributed by atoms with Crippen LogP contribution in [-0.2, 0) is 0 Å². The number of hydrogen-bond donors (Lipinski definition) is 3. The molecule has 0 heterocycles. The molecule has 0 radical (unpaired) electrons. The molecule has 0 aliphatic rings. The van der Waals surface area contributed by atoms with Gasteiger partial charge in [0.15, 0.2) is 5.75 Å². The van der Waals surface area contributed by atoms with E-state index < -0.39 is 17.9 Å². The SMILES string of the molecule is O=C(Oc1cccc2cc3cccc(OC(=O)c4ccc(O)cc4)c3c(OC(=O)c3ccc(O)cc3)c12)c1ccc(O)cc1. The van der Waals surface area contributed by atoms with Gasteiger partial charge in [-0.25, -0.2) is 14.4 Å². The summed E-state index contributed by atoms with van der Waals surface area (Å²) >= 11 is 0. The molecule has 0 aliphatic carbocycles. The zero-order valence-electron chi connectivity index (χ0n) is 22.8. The van der Waals surface area contributed by atoms with Crippen LogP contribution in [0.1, 0.15) is 31.1 Å². The third-order valence-corrected chi connectivity index (χ3v) is 6.79. The Labute approximate surface area is 249 Å². The molecule has 0 atom stereocenters. The topological polar surface area (TPSA) is 140 Å². The van der Waals surface area contributed by atoms with E-state index in [2.05, 4.69) is 0 Å². The molecule has 6 aromatic carbocycles. The smallest absolute Gasteiger partial charge is 0.343 e. The largest absolute Gasteiger partial charge is 0.508 e. The summed E-state index contributed by atoms with van der Waals surface area (Å²) in [5.74, 6) is -2.19. The van der Waals surface area contributed by atoms with Crippen molar-refractivity contribution in [2.24, 2.45) is 0 Å². The highest BCUT2D eigenvalue weighted by Gasteiger charge is 2.23. The van der Waals surface area contributed by atoms with Crippen molar-refractivity contribution in [3.05, 3.63) is 132 Å². The maximum absolute atomic E-state index is 13.4. The molecule has 0 saturated heterocycles. The van der Waals surface area contributed by atoms with Crippen LogP contribution in [0, 0.1) is 0 Å². The van der Waals surface area contributed by atoms with Crippen LogP contribution in [0.25, 0.3) is 21.5 Å². The van der Waals surface area contributed by atoms with Crippen LogP contribution in [0.2, 0.25) is 0 Å². The van der Waals surface area contributed by atoms with Gasteiger partial charge in [-0.1, -0.05) is 24.3 Å². The maximum Gasteiger partial charge on any atom is 0.343 e. The molecule has 0 amide bonds. The van der Waals surface area contributed by atoms with Crippen LogP contribution in [0.5, 0.6) is 34.5 Å². The third-order valence-electron chi connectivity index (χ3n) is 6.79. The number of esters is 3. The van der Waals surface area contributed by atoms with Crippen molar-refractivity contribution in [1.82, 2.24) is 0 Å². The fourth-order valence-corrected chi connectivity index (χ4v) is 4.65. The van der Waals surface area contributed by atoms with Crippen molar-refractivity contribution in [3.63, 3.8) is 0 Å². The quantitative estimate of drug-likeness (QED) is 0.110. The average Bonchev–Trinajstić information content (AvgIpc) is 3.02. The molecule has 3 N–H and O–H groups in total. The predicted molar refractivity (Wildman–Crippen MR) is 161 cm³/mol. The lowest BCUT2D eigenvalue weighted by molar-refractivity contribution is 0.0728. The highest BCUT2D eigenvalue weighted by atomic mass is 16.6. The van der Waals surface area contributed by atoms with Gasteiger partial charge >= 0.3 is 17.9 Å². The lowest BCUT2D eigenvalue weighted by Gasteiger charge is -2.17. The number of aromatic hydroxyl groups is 3. The van der Waals surface area contributed by atoms with Gasteiger partial charge in [0.25, 0.3) is 0 Å². The van der Waals surface area contributed by atoms with E-state index in [0.717, 1.165) is 0 Å². The van der Waals surface area contributed by atoms with Crippen LogP contribution < -0.4 is 14.2 Å². The van der Waals surface area contributed by atoms with Crippen molar-refractivity contribution < 1.29 is 43.9 Å². The van der Waals surface area contributed by atoms with Crippen molar-refractivity contribution in [1.29, 1.82) is 0 Å². The minimum absolute atomic E-state index is 0.0176. The van der Waals surface area contributed by atoms with Crippen LogP contribution in [0.15, 0.2) is 115 Å². The molecule has 0 spiro atoms. The number of phenolic OH excluding ortho intramolecular Hbond substituents is 3. The number of carbonyl (C=O) groups excluding carboxylic acids is 3. The molecule has 9 nitrogen and oxygen atoms in total. The monoisotopic (exact) mass is 586 g/mol. The minimum atomic E-state index is -0.780. The van der Waals surface area contributed by atoms with Gasteiger partial charge in [-0.05, 0) is 102 Å². The fraction of sp³-hybridized carbons (Fsp3) is 0. The highest BCUT2D eigenvalue weighted by Crippen LogP contribution is 2.44. The van der Waals surface area contributed by atoms with Gasteiger partial charge in [0, 0.05) is 0 Å². The molecule has 0 unspecified atom stereocenters. The number of fused-ring (bicyclic) bond motifs is 2. The Hall–Kier alpha value is -6.35. The minimum Gasteiger partial charge on any atom is -0.508 e. The summed E-state index contributed by atoms with van der Waals surface area (Å²) in [6.45, 7) is 0. The van der Waals surface area contributed by atoms with Crippen LogP contribution >= 0.6 is 0 Å². The zero-order chi connectivity index (χ0) is 30.8. The number of ether oxygens (including phenoxy) is 3. The maximum atomic E-state index is 13.4. The first-order valence-electron chi connectivity index (χ1n) is 13.3. The van der Waals surface area contributed by atoms with E-state index in [1.165, 1.54) is 84.9 Å². The van der Waals surface area contributed by atoms with Gasteiger partial charge in [0.05, 0.1) is 27.5 Å². The fourth-order valence-electron chi connectivity index (χ4n) is 4.65. The van der Waals surface area contributed by atoms with E-state index in [1.807, 2.05) is 0 Å². The first-order chi connectivity index (χ1) is 21.3. The molecular formula is C35H22O9. The van der Waals surface area contributed by atoms with E-state index in [9.17, 15) is 29.7 Å². The van der Waals surface area contributed by atoms with Crippen molar-refractivity contribution in [2.45, 2.75) is 0 Å². The molecule has 216 valence electrons. The standard InChI is InChI=1S/C35H22O9/c36-25-13-7-20(8-14-25)33(39)42-28-5-1-3-23-19-24-4-2-6-29(43-34(40)21-9-15-26(37)16-10-21)31(24)32(30(23)28)44-35(41)22-11-17-27(38)18-12-22/h1-19,36-38H. The Bertz CT molecular complexity index is 1930.